The number of piperazine rings is 1. The average molecular weight is 204 g/mol. The fourth-order valence-corrected chi connectivity index (χ4v) is 2.44. The van der Waals surface area contributed by atoms with E-state index in [4.69, 9.17) is 4.74 Å². The molecule has 0 aromatic heterocycles. The molecule has 1 saturated heterocycles. The molecule has 0 radical (unpaired) electrons. The Bertz CT molecular complexity index is 145. The van der Waals surface area contributed by atoms with Crippen LogP contribution in [0.25, 0.3) is 0 Å². The standard InChI is InChI=1S/C9H20N2OS/c1-8-6-10(13)7-9(2)11(8)4-5-12-3/h8-9,13H,4-7H2,1-3H3. The minimum Gasteiger partial charge on any atom is -0.383 e. The Morgan fingerprint density at radius 3 is 2.31 bits per heavy atom. The van der Waals surface area contributed by atoms with Gasteiger partial charge in [-0.15, -0.1) is 0 Å². The van der Waals surface area contributed by atoms with Gasteiger partial charge in [-0.05, 0) is 13.8 Å². The normalized spacial score (nSPS) is 32.3. The van der Waals surface area contributed by atoms with E-state index in [1.807, 2.05) is 0 Å². The highest BCUT2D eigenvalue weighted by molar-refractivity contribution is 7.77. The van der Waals surface area contributed by atoms with Gasteiger partial charge in [0.1, 0.15) is 0 Å². The third kappa shape index (κ3) is 3.13. The molecule has 1 heterocycles. The van der Waals surface area contributed by atoms with Gasteiger partial charge >= 0.3 is 0 Å². The third-order valence-electron chi connectivity index (χ3n) is 2.64. The molecule has 0 aliphatic carbocycles. The molecule has 0 amide bonds. The van der Waals surface area contributed by atoms with E-state index < -0.39 is 0 Å². The highest BCUT2D eigenvalue weighted by atomic mass is 32.1. The Hall–Kier alpha value is 0.230. The summed E-state index contributed by atoms with van der Waals surface area (Å²) in [7, 11) is 1.75. The molecule has 13 heavy (non-hydrogen) atoms. The van der Waals surface area contributed by atoms with Crippen molar-refractivity contribution in [3.05, 3.63) is 0 Å². The van der Waals surface area contributed by atoms with Crippen LogP contribution in [0, 0.1) is 0 Å². The van der Waals surface area contributed by atoms with Crippen LogP contribution in [0.15, 0.2) is 0 Å². The highest BCUT2D eigenvalue weighted by Crippen LogP contribution is 2.16. The second-order valence-corrected chi connectivity index (χ2v) is 4.37. The molecule has 3 nitrogen and oxygen atoms in total. The average Bonchev–Trinajstić information content (AvgIpc) is 2.02. The van der Waals surface area contributed by atoms with Gasteiger partial charge in [-0.2, -0.15) is 0 Å². The number of methoxy groups -OCH3 is 1. The predicted octanol–water partition coefficient (Wildman–Crippen LogP) is 0.872. The predicted molar refractivity (Wildman–Crippen MR) is 58.1 cm³/mol. The fraction of sp³-hybridized carbons (Fsp3) is 1.00. The maximum Gasteiger partial charge on any atom is 0.0589 e. The minimum atomic E-state index is 0.580. The minimum absolute atomic E-state index is 0.580. The van der Waals surface area contributed by atoms with E-state index in [1.54, 1.807) is 7.11 Å². The van der Waals surface area contributed by atoms with Gasteiger partial charge in [-0.25, -0.2) is 0 Å². The summed E-state index contributed by atoms with van der Waals surface area (Å²) in [6.45, 7) is 8.42. The summed E-state index contributed by atoms with van der Waals surface area (Å²) >= 11 is 4.39. The third-order valence-corrected chi connectivity index (χ3v) is 2.96. The van der Waals surface area contributed by atoms with Gasteiger partial charge in [0.25, 0.3) is 0 Å². The lowest BCUT2D eigenvalue weighted by Gasteiger charge is -2.42. The molecule has 1 aliphatic rings. The lowest BCUT2D eigenvalue weighted by Crippen LogP contribution is -2.54. The van der Waals surface area contributed by atoms with Crippen molar-refractivity contribution in [1.82, 2.24) is 9.21 Å². The van der Waals surface area contributed by atoms with E-state index >= 15 is 0 Å². The van der Waals surface area contributed by atoms with Crippen molar-refractivity contribution >= 4 is 12.8 Å². The largest absolute Gasteiger partial charge is 0.383 e. The Balaban J connectivity index is 2.41. The number of rotatable bonds is 3. The van der Waals surface area contributed by atoms with Crippen LogP contribution >= 0.6 is 12.8 Å². The molecule has 0 saturated carbocycles. The molecule has 0 aromatic carbocycles. The van der Waals surface area contributed by atoms with E-state index in [0.29, 0.717) is 12.1 Å². The first kappa shape index (κ1) is 11.3. The van der Waals surface area contributed by atoms with E-state index in [1.165, 1.54) is 0 Å². The van der Waals surface area contributed by atoms with Gasteiger partial charge in [0, 0.05) is 38.8 Å². The molecule has 0 aromatic rings. The van der Waals surface area contributed by atoms with E-state index in [-0.39, 0.29) is 0 Å². The van der Waals surface area contributed by atoms with Gasteiger partial charge < -0.3 is 4.74 Å². The van der Waals surface area contributed by atoms with Crippen LogP contribution in [0.3, 0.4) is 0 Å². The Labute approximate surface area is 86.6 Å². The van der Waals surface area contributed by atoms with Crippen LogP contribution in [-0.2, 0) is 4.74 Å². The van der Waals surface area contributed by atoms with Crippen molar-refractivity contribution in [2.75, 3.05) is 33.4 Å². The number of thiol groups is 1. The van der Waals surface area contributed by atoms with Crippen LogP contribution in [0.1, 0.15) is 13.8 Å². The maximum atomic E-state index is 5.09. The first-order valence-electron chi connectivity index (χ1n) is 4.83. The molecular formula is C9H20N2OS. The quantitative estimate of drug-likeness (QED) is 0.687. The van der Waals surface area contributed by atoms with Crippen molar-refractivity contribution < 1.29 is 4.74 Å². The molecule has 0 bridgehead atoms. The highest BCUT2D eigenvalue weighted by Gasteiger charge is 2.27. The summed E-state index contributed by atoms with van der Waals surface area (Å²) < 4.78 is 7.19. The molecular weight excluding hydrogens is 184 g/mol. The van der Waals surface area contributed by atoms with Crippen LogP contribution in [0.2, 0.25) is 0 Å². The topological polar surface area (TPSA) is 15.7 Å². The van der Waals surface area contributed by atoms with Gasteiger partial charge in [-0.1, -0.05) is 12.8 Å². The number of hydrogen-bond donors (Lipinski definition) is 1. The second-order valence-electron chi connectivity index (χ2n) is 3.80. The Kier molecular flexibility index (Phi) is 4.52. The first-order chi connectivity index (χ1) is 6.15. The Morgan fingerprint density at radius 2 is 1.85 bits per heavy atom. The van der Waals surface area contributed by atoms with Crippen molar-refractivity contribution in [2.24, 2.45) is 0 Å². The summed E-state index contributed by atoms with van der Waals surface area (Å²) in [5, 5.41) is 0. The van der Waals surface area contributed by atoms with Crippen molar-refractivity contribution in [1.29, 1.82) is 0 Å². The molecule has 1 aliphatic heterocycles. The molecule has 1 fully saturated rings. The first-order valence-corrected chi connectivity index (χ1v) is 5.23. The van der Waals surface area contributed by atoms with Crippen LogP contribution in [0.4, 0.5) is 0 Å². The van der Waals surface area contributed by atoms with Crippen LogP contribution < -0.4 is 0 Å². The smallest absolute Gasteiger partial charge is 0.0589 e. The lowest BCUT2D eigenvalue weighted by atomic mass is 10.1. The SMILES string of the molecule is COCCN1C(C)CN(S)CC1C. The van der Waals surface area contributed by atoms with Crippen molar-refractivity contribution in [3.63, 3.8) is 0 Å². The molecule has 2 unspecified atom stereocenters. The molecule has 1 rings (SSSR count). The summed E-state index contributed by atoms with van der Waals surface area (Å²) in [5.74, 6) is 0. The lowest BCUT2D eigenvalue weighted by molar-refractivity contribution is 0.0533. The Morgan fingerprint density at radius 1 is 1.31 bits per heavy atom. The second kappa shape index (κ2) is 5.20. The molecule has 78 valence electrons. The van der Waals surface area contributed by atoms with Gasteiger partial charge in [0.05, 0.1) is 6.61 Å². The monoisotopic (exact) mass is 204 g/mol. The van der Waals surface area contributed by atoms with Crippen molar-refractivity contribution in [3.8, 4) is 0 Å². The van der Waals surface area contributed by atoms with E-state index in [2.05, 4.69) is 35.9 Å². The van der Waals surface area contributed by atoms with Gasteiger partial charge in [-0.3, -0.25) is 9.21 Å². The molecule has 2 atom stereocenters. The van der Waals surface area contributed by atoms with E-state index in [0.717, 1.165) is 26.2 Å². The number of nitrogens with zero attached hydrogens (tertiary/aromatic N) is 2. The summed E-state index contributed by atoms with van der Waals surface area (Å²) in [5.41, 5.74) is 0. The molecule has 0 N–H and O–H groups in total. The zero-order chi connectivity index (χ0) is 9.84. The summed E-state index contributed by atoms with van der Waals surface area (Å²) in [6.07, 6.45) is 0. The summed E-state index contributed by atoms with van der Waals surface area (Å²) in [4.78, 5) is 2.48. The zero-order valence-corrected chi connectivity index (χ0v) is 9.63. The van der Waals surface area contributed by atoms with Crippen molar-refractivity contribution in [2.45, 2.75) is 25.9 Å². The van der Waals surface area contributed by atoms with Crippen LogP contribution in [-0.4, -0.2) is 54.6 Å². The molecule has 4 heteroatoms. The van der Waals surface area contributed by atoms with E-state index in [9.17, 15) is 0 Å². The maximum absolute atomic E-state index is 5.09. The number of ether oxygens (including phenoxy) is 1. The van der Waals surface area contributed by atoms with Gasteiger partial charge in [0.15, 0.2) is 0 Å². The van der Waals surface area contributed by atoms with Crippen LogP contribution in [0.5, 0.6) is 0 Å². The number of hydrogen-bond acceptors (Lipinski definition) is 4. The fourth-order valence-electron chi connectivity index (χ4n) is 1.97. The molecule has 0 spiro atoms. The van der Waals surface area contributed by atoms with Gasteiger partial charge in [0.2, 0.25) is 0 Å². The summed E-state index contributed by atoms with van der Waals surface area (Å²) in [6, 6.07) is 1.16. The zero-order valence-electron chi connectivity index (χ0n) is 8.73.